The van der Waals surface area contributed by atoms with Crippen molar-refractivity contribution in [2.45, 2.75) is 6.92 Å². The number of pyridine rings is 1. The number of nitrogens with zero attached hydrogens (tertiary/aromatic N) is 2. The third kappa shape index (κ3) is 2.08. The summed E-state index contributed by atoms with van der Waals surface area (Å²) in [5, 5.41) is 4.03. The molecule has 0 bridgehead atoms. The van der Waals surface area contributed by atoms with Crippen LogP contribution in [-0.2, 0) is 4.74 Å². The topological polar surface area (TPSA) is 60.7 Å². The van der Waals surface area contributed by atoms with Crippen LogP contribution in [0, 0.1) is 0 Å². The molecule has 0 spiro atoms. The summed E-state index contributed by atoms with van der Waals surface area (Å²) in [5.41, 5.74) is 0.849. The van der Waals surface area contributed by atoms with Crippen LogP contribution < -0.4 is 0 Å². The zero-order valence-corrected chi connectivity index (χ0v) is 10.6. The predicted octanol–water partition coefficient (Wildman–Crippen LogP) is 2.09. The van der Waals surface area contributed by atoms with Gasteiger partial charge in [-0.25, -0.2) is 9.31 Å². The first-order chi connectivity index (χ1) is 8.17. The molecule has 0 N–H and O–H groups in total. The molecule has 2 aromatic heterocycles. The molecule has 0 saturated carbocycles. The van der Waals surface area contributed by atoms with Crippen molar-refractivity contribution in [3.8, 4) is 0 Å². The van der Waals surface area contributed by atoms with Gasteiger partial charge >= 0.3 is 5.97 Å². The van der Waals surface area contributed by atoms with Gasteiger partial charge in [-0.2, -0.15) is 5.10 Å². The minimum Gasteiger partial charge on any atom is -0.461 e. The Morgan fingerprint density at radius 1 is 1.65 bits per heavy atom. The Morgan fingerprint density at radius 3 is 3.06 bits per heavy atom. The number of halogens is 1. The van der Waals surface area contributed by atoms with Gasteiger partial charge in [0.25, 0.3) is 0 Å². The van der Waals surface area contributed by atoms with E-state index in [9.17, 15) is 9.59 Å². The highest BCUT2D eigenvalue weighted by Crippen LogP contribution is 2.19. The molecule has 0 aromatic carbocycles. The molecule has 0 aliphatic rings. The maximum atomic E-state index is 11.6. The molecule has 2 heterocycles. The number of aldehydes is 1. The third-order valence-corrected chi connectivity index (χ3v) is 2.72. The molecule has 88 valence electrons. The van der Waals surface area contributed by atoms with Crippen LogP contribution in [0.4, 0.5) is 0 Å². The summed E-state index contributed by atoms with van der Waals surface area (Å²) in [6.07, 6.45) is 2.27. The van der Waals surface area contributed by atoms with Gasteiger partial charge in [-0.3, -0.25) is 4.79 Å². The van der Waals surface area contributed by atoms with E-state index in [-0.39, 0.29) is 17.9 Å². The van der Waals surface area contributed by atoms with E-state index in [2.05, 4.69) is 21.0 Å². The Hall–Kier alpha value is -1.69. The maximum Gasteiger partial charge on any atom is 0.359 e. The molecule has 0 aliphatic heterocycles. The molecule has 0 saturated heterocycles. The van der Waals surface area contributed by atoms with E-state index in [1.807, 2.05) is 0 Å². The lowest BCUT2D eigenvalue weighted by atomic mass is 10.2. The highest BCUT2D eigenvalue weighted by molar-refractivity contribution is 9.10. The van der Waals surface area contributed by atoms with Crippen molar-refractivity contribution in [3.63, 3.8) is 0 Å². The molecular weight excluding hydrogens is 288 g/mol. The fourth-order valence-corrected chi connectivity index (χ4v) is 1.84. The van der Waals surface area contributed by atoms with Gasteiger partial charge in [-0.1, -0.05) is 15.9 Å². The molecule has 0 radical (unpaired) electrons. The van der Waals surface area contributed by atoms with Crippen molar-refractivity contribution in [3.05, 3.63) is 34.1 Å². The van der Waals surface area contributed by atoms with E-state index >= 15 is 0 Å². The number of carbonyl (C=O) groups is 2. The predicted molar refractivity (Wildman–Crippen MR) is 64.2 cm³/mol. The average Bonchev–Trinajstić information content (AvgIpc) is 2.67. The molecule has 5 nitrogen and oxygen atoms in total. The fourth-order valence-electron chi connectivity index (χ4n) is 1.50. The molecule has 0 aliphatic carbocycles. The maximum absolute atomic E-state index is 11.6. The second-order valence-electron chi connectivity index (χ2n) is 3.28. The largest absolute Gasteiger partial charge is 0.461 e. The van der Waals surface area contributed by atoms with Crippen molar-refractivity contribution >= 4 is 33.7 Å². The van der Waals surface area contributed by atoms with Gasteiger partial charge in [0, 0.05) is 10.7 Å². The highest BCUT2D eigenvalue weighted by atomic mass is 79.9. The number of hydrogen-bond acceptors (Lipinski definition) is 4. The second-order valence-corrected chi connectivity index (χ2v) is 4.19. The molecule has 0 fully saturated rings. The van der Waals surface area contributed by atoms with Gasteiger partial charge < -0.3 is 4.74 Å². The van der Waals surface area contributed by atoms with Gasteiger partial charge in [0.1, 0.15) is 0 Å². The number of rotatable bonds is 3. The van der Waals surface area contributed by atoms with Crippen LogP contribution in [0.2, 0.25) is 0 Å². The van der Waals surface area contributed by atoms with E-state index in [0.717, 1.165) is 4.47 Å². The smallest absolute Gasteiger partial charge is 0.359 e. The minimum absolute atomic E-state index is 0.0416. The summed E-state index contributed by atoms with van der Waals surface area (Å²) in [7, 11) is 0. The molecule has 17 heavy (non-hydrogen) atoms. The zero-order valence-electron chi connectivity index (χ0n) is 9.01. The van der Waals surface area contributed by atoms with Crippen molar-refractivity contribution in [1.82, 2.24) is 9.61 Å². The number of ether oxygens (including phenoxy) is 1. The van der Waals surface area contributed by atoms with E-state index in [4.69, 9.17) is 4.74 Å². The van der Waals surface area contributed by atoms with E-state index < -0.39 is 5.97 Å². The molecule has 0 atom stereocenters. The van der Waals surface area contributed by atoms with Gasteiger partial charge in [0.15, 0.2) is 12.0 Å². The Labute approximate surface area is 106 Å². The van der Waals surface area contributed by atoms with Crippen LogP contribution in [0.3, 0.4) is 0 Å². The van der Waals surface area contributed by atoms with Crippen molar-refractivity contribution in [2.24, 2.45) is 0 Å². The van der Waals surface area contributed by atoms with Crippen LogP contribution in [-0.4, -0.2) is 28.5 Å². The van der Waals surface area contributed by atoms with Crippen molar-refractivity contribution in [1.29, 1.82) is 0 Å². The average molecular weight is 297 g/mol. The summed E-state index contributed by atoms with van der Waals surface area (Å²) < 4.78 is 7.13. The number of carbonyl (C=O) groups excluding carboxylic acids is 2. The first-order valence-corrected chi connectivity index (χ1v) is 5.77. The molecule has 2 rings (SSSR count). The van der Waals surface area contributed by atoms with Gasteiger partial charge in [-0.05, 0) is 19.1 Å². The van der Waals surface area contributed by atoms with Crippen LogP contribution >= 0.6 is 15.9 Å². The Morgan fingerprint density at radius 2 is 2.41 bits per heavy atom. The van der Waals surface area contributed by atoms with E-state index in [1.54, 1.807) is 25.3 Å². The van der Waals surface area contributed by atoms with E-state index in [1.165, 1.54) is 4.52 Å². The van der Waals surface area contributed by atoms with Crippen molar-refractivity contribution in [2.75, 3.05) is 6.61 Å². The first-order valence-electron chi connectivity index (χ1n) is 4.97. The number of fused-ring (bicyclic) bond motifs is 1. The Bertz CT molecular complexity index is 592. The second kappa shape index (κ2) is 4.67. The lowest BCUT2D eigenvalue weighted by Gasteiger charge is -1.97. The summed E-state index contributed by atoms with van der Waals surface area (Å²) in [6, 6.07) is 3.49. The Kier molecular flexibility index (Phi) is 3.23. The summed E-state index contributed by atoms with van der Waals surface area (Å²) >= 11 is 3.30. The van der Waals surface area contributed by atoms with E-state index in [0.29, 0.717) is 11.8 Å². The molecule has 2 aromatic rings. The number of esters is 1. The molecule has 0 unspecified atom stereocenters. The van der Waals surface area contributed by atoms with Gasteiger partial charge in [-0.15, -0.1) is 0 Å². The Balaban J connectivity index is 2.64. The summed E-state index contributed by atoms with van der Waals surface area (Å²) in [6.45, 7) is 1.94. The molecular formula is C11H9BrN2O3. The van der Waals surface area contributed by atoms with Crippen LogP contribution in [0.5, 0.6) is 0 Å². The number of aromatic nitrogens is 2. The zero-order chi connectivity index (χ0) is 12.4. The quantitative estimate of drug-likeness (QED) is 0.643. The fraction of sp³-hybridized carbons (Fsp3) is 0.182. The lowest BCUT2D eigenvalue weighted by Crippen LogP contribution is -2.07. The summed E-state index contributed by atoms with van der Waals surface area (Å²) in [5.74, 6) is -0.588. The third-order valence-electron chi connectivity index (χ3n) is 2.22. The minimum atomic E-state index is -0.588. The molecule has 6 heteroatoms. The monoisotopic (exact) mass is 296 g/mol. The van der Waals surface area contributed by atoms with Crippen LogP contribution in [0.1, 0.15) is 27.8 Å². The highest BCUT2D eigenvalue weighted by Gasteiger charge is 2.19. The van der Waals surface area contributed by atoms with Gasteiger partial charge in [0.2, 0.25) is 0 Å². The van der Waals surface area contributed by atoms with Crippen LogP contribution in [0.15, 0.2) is 22.8 Å². The summed E-state index contributed by atoms with van der Waals surface area (Å²) in [4.78, 5) is 22.7. The first kappa shape index (κ1) is 11.8. The van der Waals surface area contributed by atoms with Gasteiger partial charge in [0.05, 0.1) is 17.7 Å². The SMILES string of the molecule is CCOC(=O)c1nn2ccc(Br)cc2c1C=O. The lowest BCUT2D eigenvalue weighted by molar-refractivity contribution is 0.0517. The van der Waals surface area contributed by atoms with Crippen molar-refractivity contribution < 1.29 is 14.3 Å². The molecule has 0 amide bonds. The normalized spacial score (nSPS) is 10.5. The number of hydrogen-bond donors (Lipinski definition) is 0. The standard InChI is InChI=1S/C11H9BrN2O3/c1-2-17-11(16)10-8(6-15)9-5-7(12)3-4-14(9)13-10/h3-6H,2H2,1H3. The van der Waals surface area contributed by atoms with Crippen LogP contribution in [0.25, 0.3) is 5.52 Å².